The molecule has 0 aliphatic heterocycles. The Morgan fingerprint density at radius 3 is 2.56 bits per heavy atom. The highest BCUT2D eigenvalue weighted by atomic mass is 32.2. The third-order valence-electron chi connectivity index (χ3n) is 2.46. The molecule has 1 N–H and O–H groups in total. The highest BCUT2D eigenvalue weighted by molar-refractivity contribution is 7.94. The van der Waals surface area contributed by atoms with Crippen molar-refractivity contribution < 1.29 is 12.8 Å². The van der Waals surface area contributed by atoms with E-state index in [1.165, 1.54) is 6.07 Å². The van der Waals surface area contributed by atoms with Gasteiger partial charge in [-0.2, -0.15) is 4.39 Å². The van der Waals surface area contributed by atoms with Gasteiger partial charge in [0.2, 0.25) is 0 Å². The Morgan fingerprint density at radius 1 is 1.22 bits per heavy atom. The van der Waals surface area contributed by atoms with Crippen molar-refractivity contribution in [2.45, 2.75) is 17.6 Å². The molecule has 0 atom stereocenters. The minimum absolute atomic E-state index is 0.0223. The average molecular weight is 285 g/mol. The quantitative estimate of drug-likeness (QED) is 0.937. The predicted molar refractivity (Wildman–Crippen MR) is 70.9 cm³/mol. The molecule has 1 aromatic carbocycles. The van der Waals surface area contributed by atoms with Crippen molar-refractivity contribution in [3.8, 4) is 0 Å². The lowest BCUT2D eigenvalue weighted by Crippen LogP contribution is -2.12. The number of benzene rings is 1. The molecule has 0 saturated carbocycles. The van der Waals surface area contributed by atoms with E-state index in [1.807, 2.05) is 19.1 Å². The van der Waals surface area contributed by atoms with Gasteiger partial charge in [0.25, 0.3) is 10.0 Å². The fraction of sp³-hybridized carbons (Fsp3) is 0.167. The van der Waals surface area contributed by atoms with Gasteiger partial charge in [-0.3, -0.25) is 4.72 Å². The number of anilines is 1. The summed E-state index contributed by atoms with van der Waals surface area (Å²) in [7, 11) is -3.70. The van der Waals surface area contributed by atoms with Crippen LogP contribution in [0, 0.1) is 5.13 Å². The molecule has 1 heterocycles. The van der Waals surface area contributed by atoms with Gasteiger partial charge in [-0.1, -0.05) is 36.5 Å². The molecular formula is C12H12FNO2S2. The van der Waals surface area contributed by atoms with Crippen molar-refractivity contribution in [1.29, 1.82) is 0 Å². The Bertz CT molecular complexity index is 650. The second-order valence-corrected chi connectivity index (χ2v) is 6.62. The zero-order valence-electron chi connectivity index (χ0n) is 9.68. The molecule has 6 heteroatoms. The number of nitrogens with one attached hydrogen (secondary N) is 1. The maximum Gasteiger partial charge on any atom is 0.271 e. The third kappa shape index (κ3) is 2.70. The molecule has 0 bridgehead atoms. The normalized spacial score (nSPS) is 11.4. The maximum absolute atomic E-state index is 12.9. The first-order chi connectivity index (χ1) is 8.53. The van der Waals surface area contributed by atoms with Crippen molar-refractivity contribution in [1.82, 2.24) is 0 Å². The van der Waals surface area contributed by atoms with E-state index < -0.39 is 15.2 Å². The van der Waals surface area contributed by atoms with Crippen LogP contribution in [0.25, 0.3) is 0 Å². The summed E-state index contributed by atoms with van der Waals surface area (Å²) >= 11 is 0.610. The number of thiophene rings is 1. The molecule has 0 fully saturated rings. The van der Waals surface area contributed by atoms with Crippen LogP contribution < -0.4 is 4.72 Å². The van der Waals surface area contributed by atoms with Crippen molar-refractivity contribution in [2.75, 3.05) is 4.72 Å². The molecule has 96 valence electrons. The van der Waals surface area contributed by atoms with Gasteiger partial charge in [0.05, 0.1) is 5.69 Å². The van der Waals surface area contributed by atoms with Gasteiger partial charge < -0.3 is 0 Å². The number of halogens is 1. The summed E-state index contributed by atoms with van der Waals surface area (Å²) in [6, 6.07) is 9.56. The molecule has 18 heavy (non-hydrogen) atoms. The summed E-state index contributed by atoms with van der Waals surface area (Å²) < 4.78 is 39.4. The summed E-state index contributed by atoms with van der Waals surface area (Å²) in [5.41, 5.74) is 1.44. The van der Waals surface area contributed by atoms with E-state index in [0.717, 1.165) is 18.1 Å². The van der Waals surface area contributed by atoms with Crippen LogP contribution in [0.3, 0.4) is 0 Å². The Hall–Kier alpha value is -1.40. The molecular weight excluding hydrogens is 273 g/mol. The molecule has 3 nitrogen and oxygen atoms in total. The number of para-hydroxylation sites is 1. The molecule has 0 radical (unpaired) electrons. The second kappa shape index (κ2) is 5.07. The highest BCUT2D eigenvalue weighted by Gasteiger charge is 2.18. The summed E-state index contributed by atoms with van der Waals surface area (Å²) in [6.45, 7) is 1.94. The van der Waals surface area contributed by atoms with E-state index in [0.29, 0.717) is 17.0 Å². The van der Waals surface area contributed by atoms with E-state index >= 15 is 0 Å². The molecule has 1 aromatic heterocycles. The van der Waals surface area contributed by atoms with Gasteiger partial charge in [-0.25, -0.2) is 8.42 Å². The van der Waals surface area contributed by atoms with Crippen molar-refractivity contribution in [2.24, 2.45) is 0 Å². The summed E-state index contributed by atoms with van der Waals surface area (Å²) in [6.07, 6.45) is 0.720. The molecule has 2 rings (SSSR count). The molecule has 0 aliphatic carbocycles. The molecule has 0 aliphatic rings. The van der Waals surface area contributed by atoms with E-state index in [9.17, 15) is 12.8 Å². The zero-order chi connectivity index (χ0) is 13.2. The molecule has 0 spiro atoms. The smallest absolute Gasteiger partial charge is 0.271 e. The lowest BCUT2D eigenvalue weighted by molar-refractivity contribution is 0.603. The molecule has 2 aromatic rings. The Morgan fingerprint density at radius 2 is 1.94 bits per heavy atom. The standard InChI is InChI=1S/C12H12FNO2S2/c1-2-9-5-3-4-6-10(9)14-18(15,16)12-8-7-11(13)17-12/h3-8,14H,2H2,1H3. The fourth-order valence-electron chi connectivity index (χ4n) is 1.57. The van der Waals surface area contributed by atoms with E-state index in [2.05, 4.69) is 4.72 Å². The number of rotatable bonds is 4. The maximum atomic E-state index is 12.9. The Kier molecular flexibility index (Phi) is 3.68. The summed E-state index contributed by atoms with van der Waals surface area (Å²) in [5.74, 6) is 0. The van der Waals surface area contributed by atoms with Crippen molar-refractivity contribution >= 4 is 27.0 Å². The SMILES string of the molecule is CCc1ccccc1NS(=O)(=O)c1ccc(F)s1. The van der Waals surface area contributed by atoms with Crippen LogP contribution in [-0.2, 0) is 16.4 Å². The minimum atomic E-state index is -3.70. The predicted octanol–water partition coefficient (Wildman–Crippen LogP) is 3.25. The second-order valence-electron chi connectivity index (χ2n) is 3.67. The van der Waals surface area contributed by atoms with Crippen LogP contribution in [0.15, 0.2) is 40.6 Å². The monoisotopic (exact) mass is 285 g/mol. The topological polar surface area (TPSA) is 46.2 Å². The van der Waals surface area contributed by atoms with Crippen LogP contribution in [0.2, 0.25) is 0 Å². The summed E-state index contributed by atoms with van der Waals surface area (Å²) in [5, 5.41) is -0.515. The first-order valence-corrected chi connectivity index (χ1v) is 7.69. The van der Waals surface area contributed by atoms with Gasteiger partial charge >= 0.3 is 0 Å². The number of sulfonamides is 1. The Labute approximate surface area is 109 Å². The van der Waals surface area contributed by atoms with E-state index in [-0.39, 0.29) is 4.21 Å². The number of aryl methyl sites for hydroxylation is 1. The fourth-order valence-corrected chi connectivity index (χ4v) is 3.67. The van der Waals surface area contributed by atoms with Crippen LogP contribution in [-0.4, -0.2) is 8.42 Å². The van der Waals surface area contributed by atoms with Crippen LogP contribution in [0.4, 0.5) is 10.1 Å². The molecule has 0 saturated heterocycles. The lowest BCUT2D eigenvalue weighted by atomic mass is 10.1. The third-order valence-corrected chi connectivity index (χ3v) is 5.19. The summed E-state index contributed by atoms with van der Waals surface area (Å²) in [4.78, 5) is 0. The largest absolute Gasteiger partial charge is 0.279 e. The Balaban J connectivity index is 2.33. The highest BCUT2D eigenvalue weighted by Crippen LogP contribution is 2.24. The van der Waals surface area contributed by atoms with Gasteiger partial charge in [0, 0.05) is 0 Å². The van der Waals surface area contributed by atoms with Crippen LogP contribution >= 0.6 is 11.3 Å². The molecule has 0 unspecified atom stereocenters. The minimum Gasteiger partial charge on any atom is -0.279 e. The van der Waals surface area contributed by atoms with E-state index in [1.54, 1.807) is 12.1 Å². The van der Waals surface area contributed by atoms with Gasteiger partial charge in [0.1, 0.15) is 4.21 Å². The van der Waals surface area contributed by atoms with Crippen LogP contribution in [0.1, 0.15) is 12.5 Å². The first-order valence-electron chi connectivity index (χ1n) is 5.39. The van der Waals surface area contributed by atoms with Gasteiger partial charge in [-0.15, -0.1) is 0 Å². The molecule has 0 amide bonds. The van der Waals surface area contributed by atoms with Crippen molar-refractivity contribution in [3.05, 3.63) is 47.1 Å². The zero-order valence-corrected chi connectivity index (χ0v) is 11.3. The lowest BCUT2D eigenvalue weighted by Gasteiger charge is -2.10. The number of hydrogen-bond acceptors (Lipinski definition) is 3. The van der Waals surface area contributed by atoms with Gasteiger partial charge in [0.15, 0.2) is 5.13 Å². The average Bonchev–Trinajstić information content (AvgIpc) is 2.77. The first kappa shape index (κ1) is 13.0. The van der Waals surface area contributed by atoms with E-state index in [4.69, 9.17) is 0 Å². The van der Waals surface area contributed by atoms with Crippen LogP contribution in [0.5, 0.6) is 0 Å². The number of hydrogen-bond donors (Lipinski definition) is 1. The van der Waals surface area contributed by atoms with Crippen molar-refractivity contribution in [3.63, 3.8) is 0 Å². The van der Waals surface area contributed by atoms with Gasteiger partial charge in [-0.05, 0) is 30.2 Å².